The molecule has 0 N–H and O–H groups in total. The first-order chi connectivity index (χ1) is 11.9. The largest absolute Gasteiger partial charge is 0.472 e. The lowest BCUT2D eigenvalue weighted by Crippen LogP contribution is -2.63. The molecule has 2 unspecified atom stereocenters. The molecule has 3 aliphatic heterocycles. The molecule has 5 rings (SSSR count). The summed E-state index contributed by atoms with van der Waals surface area (Å²) in [6.45, 7) is 2.42. The Balaban J connectivity index is 1.60. The second kappa shape index (κ2) is 5.96. The molecule has 2 fully saturated rings. The van der Waals surface area contributed by atoms with Gasteiger partial charge in [-0.1, -0.05) is 36.8 Å². The van der Waals surface area contributed by atoms with Gasteiger partial charge in [-0.15, -0.1) is 0 Å². The van der Waals surface area contributed by atoms with E-state index < -0.39 is 0 Å². The van der Waals surface area contributed by atoms with Crippen molar-refractivity contribution < 1.29 is 4.74 Å². The van der Waals surface area contributed by atoms with Crippen LogP contribution in [0.3, 0.4) is 0 Å². The Labute approximate surface area is 148 Å². The van der Waals surface area contributed by atoms with E-state index in [9.17, 15) is 0 Å². The predicted molar refractivity (Wildman–Crippen MR) is 102 cm³/mol. The Morgan fingerprint density at radius 3 is 2.83 bits per heavy atom. The minimum Gasteiger partial charge on any atom is -0.472 e. The van der Waals surface area contributed by atoms with Crippen LogP contribution >= 0.6 is 11.8 Å². The van der Waals surface area contributed by atoms with E-state index in [1.165, 1.54) is 73.0 Å². The fourth-order valence-electron chi connectivity index (χ4n) is 4.94. The van der Waals surface area contributed by atoms with Crippen molar-refractivity contribution in [1.29, 1.82) is 0 Å². The Morgan fingerprint density at radius 1 is 1.04 bits per heavy atom. The van der Waals surface area contributed by atoms with Gasteiger partial charge < -0.3 is 4.74 Å². The van der Waals surface area contributed by atoms with Crippen molar-refractivity contribution in [3.05, 3.63) is 42.0 Å². The fraction of sp³-hybridized carbons (Fsp3) is 0.524. The van der Waals surface area contributed by atoms with E-state index in [1.54, 1.807) is 0 Å². The summed E-state index contributed by atoms with van der Waals surface area (Å²) < 4.78 is 6.88. The number of hydrogen-bond acceptors (Lipinski definition) is 3. The summed E-state index contributed by atoms with van der Waals surface area (Å²) in [6.07, 6.45) is 6.38. The van der Waals surface area contributed by atoms with E-state index >= 15 is 0 Å². The highest BCUT2D eigenvalue weighted by Crippen LogP contribution is 2.48. The molecule has 0 amide bonds. The third kappa shape index (κ3) is 2.28. The zero-order chi connectivity index (χ0) is 16.0. The Morgan fingerprint density at radius 2 is 1.92 bits per heavy atom. The van der Waals surface area contributed by atoms with Crippen LogP contribution < -0.4 is 4.74 Å². The maximum absolute atomic E-state index is 6.88. The summed E-state index contributed by atoms with van der Waals surface area (Å²) in [5, 5.41) is 2.73. The van der Waals surface area contributed by atoms with Crippen molar-refractivity contribution in [2.24, 2.45) is 5.92 Å². The molecule has 3 heterocycles. The molecule has 2 nitrogen and oxygen atoms in total. The van der Waals surface area contributed by atoms with Gasteiger partial charge >= 0.3 is 0 Å². The molecule has 0 aliphatic carbocycles. The number of rotatable bonds is 1. The van der Waals surface area contributed by atoms with Crippen LogP contribution in [0.1, 0.15) is 31.2 Å². The quantitative estimate of drug-likeness (QED) is 0.746. The van der Waals surface area contributed by atoms with Gasteiger partial charge in [-0.25, -0.2) is 0 Å². The highest BCUT2D eigenvalue weighted by atomic mass is 32.2. The molecule has 3 heteroatoms. The summed E-state index contributed by atoms with van der Waals surface area (Å²) >= 11 is 2.12. The van der Waals surface area contributed by atoms with E-state index in [0.717, 1.165) is 5.75 Å². The van der Waals surface area contributed by atoms with Crippen LogP contribution in [0.25, 0.3) is 10.8 Å². The summed E-state index contributed by atoms with van der Waals surface area (Å²) in [4.78, 5) is 2.69. The van der Waals surface area contributed by atoms with Crippen LogP contribution in [0.2, 0.25) is 0 Å². The maximum atomic E-state index is 6.88. The number of likely N-dealkylation sites (tertiary alicyclic amines) is 1. The van der Waals surface area contributed by atoms with Gasteiger partial charge in [0.1, 0.15) is 5.75 Å². The predicted octanol–water partition coefficient (Wildman–Crippen LogP) is 4.71. The lowest BCUT2D eigenvalue weighted by atomic mass is 9.81. The first-order valence-corrected chi connectivity index (χ1v) is 10.5. The minimum absolute atomic E-state index is 0.0405. The van der Waals surface area contributed by atoms with E-state index in [2.05, 4.69) is 53.1 Å². The van der Waals surface area contributed by atoms with Crippen molar-refractivity contribution in [1.82, 2.24) is 4.90 Å². The lowest BCUT2D eigenvalue weighted by molar-refractivity contribution is -0.141. The molecular weight excluding hydrogens is 314 g/mol. The third-order valence-corrected chi connectivity index (χ3v) is 7.32. The SMILES string of the molecule is c1ccc2c3c(ccc2c1)OC1(N2CCCCC2)CCSCC1C3. The van der Waals surface area contributed by atoms with E-state index in [0.29, 0.717) is 5.92 Å². The number of benzene rings is 2. The Hall–Kier alpha value is -1.19. The summed E-state index contributed by atoms with van der Waals surface area (Å²) in [7, 11) is 0. The number of piperidine rings is 1. The highest BCUT2D eigenvalue weighted by molar-refractivity contribution is 7.99. The van der Waals surface area contributed by atoms with Crippen molar-refractivity contribution in [3.8, 4) is 5.75 Å². The lowest BCUT2D eigenvalue weighted by Gasteiger charge is -2.54. The molecule has 0 saturated carbocycles. The van der Waals surface area contributed by atoms with Crippen molar-refractivity contribution >= 4 is 22.5 Å². The van der Waals surface area contributed by atoms with Gasteiger partial charge in [-0.2, -0.15) is 11.8 Å². The van der Waals surface area contributed by atoms with Crippen molar-refractivity contribution in [2.75, 3.05) is 24.6 Å². The summed E-state index contributed by atoms with van der Waals surface area (Å²) in [5.41, 5.74) is 1.40. The van der Waals surface area contributed by atoms with E-state index in [-0.39, 0.29) is 5.72 Å². The van der Waals surface area contributed by atoms with Crippen LogP contribution in [0.15, 0.2) is 36.4 Å². The molecule has 2 aromatic rings. The van der Waals surface area contributed by atoms with E-state index in [4.69, 9.17) is 4.74 Å². The van der Waals surface area contributed by atoms with Crippen LogP contribution in [0.4, 0.5) is 0 Å². The smallest absolute Gasteiger partial charge is 0.168 e. The number of fused-ring (bicyclic) bond motifs is 4. The highest BCUT2D eigenvalue weighted by Gasteiger charge is 2.50. The topological polar surface area (TPSA) is 12.5 Å². The second-order valence-electron chi connectivity index (χ2n) is 7.48. The van der Waals surface area contributed by atoms with Gasteiger partial charge in [0.15, 0.2) is 5.72 Å². The van der Waals surface area contributed by atoms with Crippen LogP contribution in [-0.2, 0) is 6.42 Å². The molecule has 2 aromatic carbocycles. The first-order valence-electron chi connectivity index (χ1n) is 9.39. The normalized spacial score (nSPS) is 30.4. The number of thioether (sulfide) groups is 1. The maximum Gasteiger partial charge on any atom is 0.168 e. The van der Waals surface area contributed by atoms with Gasteiger partial charge in [0.25, 0.3) is 0 Å². The molecule has 2 saturated heterocycles. The molecule has 0 spiro atoms. The molecule has 3 aliphatic rings. The third-order valence-electron chi connectivity index (χ3n) is 6.19. The average molecular weight is 340 g/mol. The average Bonchev–Trinajstić information content (AvgIpc) is 2.67. The standard InChI is InChI=1S/C21H25NOS/c1-4-11-22(12-5-1)21-10-13-24-15-17(21)14-19-18-7-3-2-6-16(18)8-9-20(19)23-21/h2-3,6-9,17H,1,4-5,10-15H2. The van der Waals surface area contributed by atoms with Gasteiger partial charge in [0.05, 0.1) is 0 Å². The van der Waals surface area contributed by atoms with Crippen LogP contribution in [0, 0.1) is 5.92 Å². The number of hydrogen-bond donors (Lipinski definition) is 0. The zero-order valence-corrected chi connectivity index (χ0v) is 15.0. The number of ether oxygens (including phenoxy) is 1. The summed E-state index contributed by atoms with van der Waals surface area (Å²) in [6, 6.07) is 13.2. The van der Waals surface area contributed by atoms with Gasteiger partial charge in [0.2, 0.25) is 0 Å². The van der Waals surface area contributed by atoms with Crippen LogP contribution in [-0.4, -0.2) is 35.2 Å². The molecule has 0 aromatic heterocycles. The van der Waals surface area contributed by atoms with Crippen molar-refractivity contribution in [3.63, 3.8) is 0 Å². The minimum atomic E-state index is -0.0405. The first kappa shape index (κ1) is 15.1. The fourth-order valence-corrected chi connectivity index (χ4v) is 6.21. The van der Waals surface area contributed by atoms with Crippen molar-refractivity contribution in [2.45, 2.75) is 37.8 Å². The Kier molecular flexibility index (Phi) is 3.75. The molecule has 0 bridgehead atoms. The van der Waals surface area contributed by atoms with E-state index in [1.807, 2.05) is 0 Å². The zero-order valence-electron chi connectivity index (χ0n) is 14.2. The summed E-state index contributed by atoms with van der Waals surface area (Å²) in [5.74, 6) is 4.23. The van der Waals surface area contributed by atoms with Crippen LogP contribution in [0.5, 0.6) is 5.75 Å². The second-order valence-corrected chi connectivity index (χ2v) is 8.63. The Bertz CT molecular complexity index is 755. The molecule has 0 radical (unpaired) electrons. The van der Waals surface area contributed by atoms with Gasteiger partial charge in [-0.3, -0.25) is 4.90 Å². The van der Waals surface area contributed by atoms with Gasteiger partial charge in [-0.05, 0) is 41.9 Å². The molecule has 24 heavy (non-hydrogen) atoms. The molecular formula is C21H25NOS. The monoisotopic (exact) mass is 339 g/mol. The molecule has 2 atom stereocenters. The number of nitrogens with zero attached hydrogens (tertiary/aromatic N) is 1. The molecule has 126 valence electrons. The van der Waals surface area contributed by atoms with Gasteiger partial charge in [0, 0.05) is 36.7 Å².